The number of rotatable bonds is 7. The van der Waals surface area contributed by atoms with Gasteiger partial charge in [0.15, 0.2) is 24.6 Å². The van der Waals surface area contributed by atoms with Crippen LogP contribution in [-0.2, 0) is 23.7 Å². The van der Waals surface area contributed by atoms with Crippen LogP contribution >= 0.6 is 0 Å². The summed E-state index contributed by atoms with van der Waals surface area (Å²) >= 11 is 0. The Hall–Kier alpha value is -3.27. The Morgan fingerprint density at radius 3 is 1.97 bits per heavy atom. The van der Waals surface area contributed by atoms with Crippen LogP contribution in [0.1, 0.15) is 27.6 Å². The molecule has 0 unspecified atom stereocenters. The lowest BCUT2D eigenvalue weighted by atomic mass is 10.1. The van der Waals surface area contributed by atoms with Gasteiger partial charge in [0.2, 0.25) is 0 Å². The molecule has 1 fully saturated rings. The van der Waals surface area contributed by atoms with E-state index in [2.05, 4.69) is 0 Å². The third kappa shape index (κ3) is 5.46. The Bertz CT molecular complexity index is 900. The van der Waals surface area contributed by atoms with Gasteiger partial charge < -0.3 is 29.2 Å². The zero-order valence-electron chi connectivity index (χ0n) is 16.6. The number of carbonyl (C=O) groups excluding carboxylic acids is 3. The van der Waals surface area contributed by atoms with E-state index in [9.17, 15) is 24.6 Å². The van der Waals surface area contributed by atoms with Gasteiger partial charge in [-0.1, -0.05) is 36.4 Å². The van der Waals surface area contributed by atoms with Crippen LogP contribution in [-0.4, -0.2) is 65.4 Å². The van der Waals surface area contributed by atoms with E-state index >= 15 is 0 Å². The number of ether oxygens (including phenoxy) is 4. The Labute approximate surface area is 178 Å². The average Bonchev–Trinajstić information content (AvgIpc) is 3.07. The fourth-order valence-corrected chi connectivity index (χ4v) is 3.17. The molecule has 1 heterocycles. The summed E-state index contributed by atoms with van der Waals surface area (Å²) in [6.07, 6.45) is -6.97. The zero-order chi connectivity index (χ0) is 22.4. The molecule has 1 aliphatic heterocycles. The van der Waals surface area contributed by atoms with Gasteiger partial charge >= 0.3 is 17.9 Å². The van der Waals surface area contributed by atoms with E-state index in [0.29, 0.717) is 0 Å². The fourth-order valence-electron chi connectivity index (χ4n) is 3.17. The largest absolute Gasteiger partial charge is 0.453 e. The number of hydrogen-bond acceptors (Lipinski definition) is 9. The third-order valence-corrected chi connectivity index (χ3v) is 4.59. The van der Waals surface area contributed by atoms with E-state index in [0.717, 1.165) is 6.92 Å². The number of hydrogen-bond donors (Lipinski definition) is 2. The predicted molar refractivity (Wildman–Crippen MR) is 105 cm³/mol. The lowest BCUT2D eigenvalue weighted by Crippen LogP contribution is -2.46. The standard InChI is InChI=1S/C22H22O9/c1-13(24)28-19-18(31-21(26)15-10-6-3-7-11-15)17(30-22(19)27)16(12-23)29-20(25)14-8-4-2-5-9-14/h2-11,16-19,22-23,27H,12H2,1H3/t16-,17+,18+,19-,22-/m1/s1. The maximum absolute atomic E-state index is 12.6. The second-order valence-electron chi connectivity index (χ2n) is 6.79. The minimum atomic E-state index is -1.66. The van der Waals surface area contributed by atoms with Gasteiger partial charge in [0.05, 0.1) is 17.7 Å². The van der Waals surface area contributed by atoms with Crippen LogP contribution in [0.4, 0.5) is 0 Å². The molecule has 9 heteroatoms. The summed E-state index contributed by atoms with van der Waals surface area (Å²) in [6, 6.07) is 16.1. The summed E-state index contributed by atoms with van der Waals surface area (Å²) in [5.74, 6) is -2.26. The molecule has 0 saturated carbocycles. The number of esters is 3. The van der Waals surface area contributed by atoms with Crippen molar-refractivity contribution in [2.24, 2.45) is 0 Å². The molecule has 3 rings (SSSR count). The number of carbonyl (C=O) groups is 3. The Morgan fingerprint density at radius 2 is 1.45 bits per heavy atom. The Kier molecular flexibility index (Phi) is 7.35. The number of aliphatic hydroxyl groups excluding tert-OH is 2. The van der Waals surface area contributed by atoms with Gasteiger partial charge in [-0.2, -0.15) is 0 Å². The van der Waals surface area contributed by atoms with E-state index in [4.69, 9.17) is 18.9 Å². The first-order valence-electron chi connectivity index (χ1n) is 9.54. The minimum Gasteiger partial charge on any atom is -0.453 e. The second kappa shape index (κ2) is 10.2. The molecule has 2 N–H and O–H groups in total. The van der Waals surface area contributed by atoms with E-state index in [1.54, 1.807) is 36.4 Å². The maximum atomic E-state index is 12.6. The fraction of sp³-hybridized carbons (Fsp3) is 0.318. The molecular weight excluding hydrogens is 408 g/mol. The molecule has 0 aromatic heterocycles. The van der Waals surface area contributed by atoms with Gasteiger partial charge in [0.1, 0.15) is 6.10 Å². The highest BCUT2D eigenvalue weighted by Crippen LogP contribution is 2.30. The molecule has 0 aliphatic carbocycles. The first-order valence-corrected chi connectivity index (χ1v) is 9.54. The second-order valence-corrected chi connectivity index (χ2v) is 6.79. The summed E-state index contributed by atoms with van der Waals surface area (Å²) in [5.41, 5.74) is 0.444. The smallest absolute Gasteiger partial charge is 0.338 e. The molecule has 9 nitrogen and oxygen atoms in total. The highest BCUT2D eigenvalue weighted by molar-refractivity contribution is 5.90. The van der Waals surface area contributed by atoms with Crippen molar-refractivity contribution in [3.8, 4) is 0 Å². The molecule has 0 bridgehead atoms. The van der Waals surface area contributed by atoms with E-state index in [1.165, 1.54) is 24.3 Å². The molecule has 5 atom stereocenters. The van der Waals surface area contributed by atoms with Gasteiger partial charge in [-0.25, -0.2) is 9.59 Å². The Morgan fingerprint density at radius 1 is 0.903 bits per heavy atom. The summed E-state index contributed by atoms with van der Waals surface area (Å²) in [6.45, 7) is 0.428. The molecule has 164 valence electrons. The molecule has 2 aromatic carbocycles. The highest BCUT2D eigenvalue weighted by Gasteiger charge is 2.53. The molecule has 0 amide bonds. The predicted octanol–water partition coefficient (Wildman–Crippen LogP) is 1.08. The summed E-state index contributed by atoms with van der Waals surface area (Å²) in [5, 5.41) is 20.1. The lowest BCUT2D eigenvalue weighted by molar-refractivity contribution is -0.174. The summed E-state index contributed by atoms with van der Waals surface area (Å²) in [7, 11) is 0. The van der Waals surface area contributed by atoms with Crippen LogP contribution < -0.4 is 0 Å². The number of benzene rings is 2. The molecule has 0 radical (unpaired) electrons. The number of aliphatic hydroxyl groups is 2. The van der Waals surface area contributed by atoms with Crippen LogP contribution in [0.3, 0.4) is 0 Å². The molecule has 0 spiro atoms. The normalized spacial score (nSPS) is 23.6. The molecule has 31 heavy (non-hydrogen) atoms. The van der Waals surface area contributed by atoms with Crippen molar-refractivity contribution in [3.05, 3.63) is 71.8 Å². The highest BCUT2D eigenvalue weighted by atomic mass is 16.7. The monoisotopic (exact) mass is 430 g/mol. The average molecular weight is 430 g/mol. The van der Waals surface area contributed by atoms with Gasteiger partial charge in [0.25, 0.3) is 0 Å². The van der Waals surface area contributed by atoms with E-state index in [1.807, 2.05) is 0 Å². The van der Waals surface area contributed by atoms with Crippen molar-refractivity contribution in [1.82, 2.24) is 0 Å². The van der Waals surface area contributed by atoms with Crippen LogP contribution in [0.15, 0.2) is 60.7 Å². The maximum Gasteiger partial charge on any atom is 0.338 e. The SMILES string of the molecule is CC(=O)O[C@@H]1[C@@H](OC(=O)c2ccccc2)[C@H]([C@@H](CO)OC(=O)c2ccccc2)O[C@H]1O. The Balaban J connectivity index is 1.83. The van der Waals surface area contributed by atoms with Crippen molar-refractivity contribution in [2.45, 2.75) is 37.6 Å². The van der Waals surface area contributed by atoms with Crippen molar-refractivity contribution >= 4 is 17.9 Å². The molecule has 1 aliphatic rings. The summed E-state index contributed by atoms with van der Waals surface area (Å²) < 4.78 is 21.2. The van der Waals surface area contributed by atoms with Crippen molar-refractivity contribution < 1.29 is 43.5 Å². The van der Waals surface area contributed by atoms with Crippen molar-refractivity contribution in [1.29, 1.82) is 0 Å². The first kappa shape index (κ1) is 22.4. The van der Waals surface area contributed by atoms with Gasteiger partial charge in [-0.3, -0.25) is 4.79 Å². The van der Waals surface area contributed by atoms with Gasteiger partial charge in [-0.05, 0) is 24.3 Å². The van der Waals surface area contributed by atoms with Gasteiger partial charge in [0, 0.05) is 6.92 Å². The molecule has 1 saturated heterocycles. The van der Waals surface area contributed by atoms with Crippen molar-refractivity contribution in [2.75, 3.05) is 6.61 Å². The van der Waals surface area contributed by atoms with Crippen molar-refractivity contribution in [3.63, 3.8) is 0 Å². The third-order valence-electron chi connectivity index (χ3n) is 4.59. The van der Waals surface area contributed by atoms with Crippen LogP contribution in [0.5, 0.6) is 0 Å². The lowest BCUT2D eigenvalue weighted by Gasteiger charge is -2.27. The van der Waals surface area contributed by atoms with Crippen LogP contribution in [0.2, 0.25) is 0 Å². The molecular formula is C22H22O9. The quantitative estimate of drug-likeness (QED) is 0.490. The van der Waals surface area contributed by atoms with E-state index in [-0.39, 0.29) is 11.1 Å². The van der Waals surface area contributed by atoms with E-state index < -0.39 is 55.2 Å². The first-order chi connectivity index (χ1) is 14.9. The van der Waals surface area contributed by atoms with Gasteiger partial charge in [-0.15, -0.1) is 0 Å². The zero-order valence-corrected chi connectivity index (χ0v) is 16.6. The van der Waals surface area contributed by atoms with Crippen LogP contribution in [0.25, 0.3) is 0 Å². The molecule has 2 aromatic rings. The topological polar surface area (TPSA) is 129 Å². The van der Waals surface area contributed by atoms with Crippen LogP contribution in [0, 0.1) is 0 Å². The summed E-state index contributed by atoms with van der Waals surface area (Å²) in [4.78, 5) is 36.5. The minimum absolute atomic E-state index is 0.214.